The van der Waals surface area contributed by atoms with E-state index in [9.17, 15) is 19.3 Å². The number of rotatable bonds is 3. The van der Waals surface area contributed by atoms with Crippen molar-refractivity contribution in [2.24, 2.45) is 0 Å². The molecule has 0 amide bonds. The molecular weight excluding hydrogens is 273 g/mol. The lowest BCUT2D eigenvalue weighted by Crippen LogP contribution is -2.05. The van der Waals surface area contributed by atoms with Crippen molar-refractivity contribution in [3.63, 3.8) is 0 Å². The molecule has 0 atom stereocenters. The van der Waals surface area contributed by atoms with Crippen LogP contribution in [0.25, 0.3) is 0 Å². The van der Waals surface area contributed by atoms with E-state index in [0.29, 0.717) is 0 Å². The van der Waals surface area contributed by atoms with Crippen LogP contribution in [0, 0.1) is 15.9 Å². The summed E-state index contributed by atoms with van der Waals surface area (Å²) in [5.74, 6) is -2.19. The van der Waals surface area contributed by atoms with Crippen LogP contribution < -0.4 is 0 Å². The summed E-state index contributed by atoms with van der Waals surface area (Å²) >= 11 is 2.89. The molecule has 0 saturated heterocycles. The van der Waals surface area contributed by atoms with E-state index < -0.39 is 23.3 Å². The molecule has 7 heteroatoms. The highest BCUT2D eigenvalue weighted by Gasteiger charge is 2.16. The molecule has 1 N–H and O–H groups in total. The number of nitro groups is 1. The van der Waals surface area contributed by atoms with Crippen molar-refractivity contribution in [3.8, 4) is 0 Å². The topological polar surface area (TPSA) is 80.4 Å². The third-order valence-electron chi connectivity index (χ3n) is 1.68. The lowest BCUT2D eigenvalue weighted by atomic mass is 10.1. The first-order valence-corrected chi connectivity index (χ1v) is 4.54. The van der Waals surface area contributed by atoms with E-state index in [-0.39, 0.29) is 15.6 Å². The van der Waals surface area contributed by atoms with Crippen LogP contribution in [0.2, 0.25) is 0 Å². The van der Waals surface area contributed by atoms with Gasteiger partial charge in [0.25, 0.3) is 0 Å². The molecule has 0 spiro atoms. The van der Waals surface area contributed by atoms with Gasteiger partial charge in [-0.25, -0.2) is 9.18 Å². The molecule has 0 aliphatic heterocycles. The minimum atomic E-state index is -1.29. The number of benzene rings is 1. The number of hydrogen-bond donors (Lipinski definition) is 1. The Labute approximate surface area is 91.8 Å². The van der Waals surface area contributed by atoms with E-state index in [4.69, 9.17) is 5.11 Å². The predicted molar refractivity (Wildman–Crippen MR) is 51.8 cm³/mol. The van der Waals surface area contributed by atoms with E-state index in [1.54, 1.807) is 0 Å². The summed E-state index contributed by atoms with van der Waals surface area (Å²) in [5.41, 5.74) is -0.420. The van der Waals surface area contributed by atoms with E-state index >= 15 is 0 Å². The number of halogens is 2. The molecule has 1 aromatic carbocycles. The third kappa shape index (κ3) is 2.72. The number of aromatic carboxylic acids is 1. The van der Waals surface area contributed by atoms with Crippen LogP contribution in [0.4, 0.5) is 4.39 Å². The molecule has 0 aliphatic rings. The van der Waals surface area contributed by atoms with Crippen molar-refractivity contribution in [3.05, 3.63) is 43.7 Å². The summed E-state index contributed by atoms with van der Waals surface area (Å²) < 4.78 is 13.3. The Hall–Kier alpha value is -1.50. The second-order valence-electron chi connectivity index (χ2n) is 2.71. The van der Waals surface area contributed by atoms with Gasteiger partial charge in [0.05, 0.1) is 11.1 Å². The maximum absolute atomic E-state index is 13.2. The van der Waals surface area contributed by atoms with Gasteiger partial charge in [0.15, 0.2) is 0 Å². The molecule has 0 saturated carbocycles. The van der Waals surface area contributed by atoms with Crippen molar-refractivity contribution in [2.45, 2.75) is 6.54 Å². The second-order valence-corrected chi connectivity index (χ2v) is 3.57. The van der Waals surface area contributed by atoms with Gasteiger partial charge in [0, 0.05) is 9.40 Å². The number of nitrogens with zero attached hydrogens (tertiary/aromatic N) is 1. The first kappa shape index (κ1) is 11.6. The highest BCUT2D eigenvalue weighted by atomic mass is 79.9. The largest absolute Gasteiger partial charge is 0.478 e. The van der Waals surface area contributed by atoms with Crippen LogP contribution in [0.3, 0.4) is 0 Å². The van der Waals surface area contributed by atoms with Gasteiger partial charge >= 0.3 is 5.97 Å². The van der Waals surface area contributed by atoms with Gasteiger partial charge in [-0.15, -0.1) is 0 Å². The van der Waals surface area contributed by atoms with Crippen LogP contribution in [0.15, 0.2) is 16.6 Å². The summed E-state index contributed by atoms with van der Waals surface area (Å²) in [5, 5.41) is 18.8. The quantitative estimate of drug-likeness (QED) is 0.677. The molecule has 0 heterocycles. The fourth-order valence-corrected chi connectivity index (χ4v) is 1.57. The molecular formula is C8H5BrFNO4. The van der Waals surface area contributed by atoms with Crippen LogP contribution in [-0.4, -0.2) is 16.0 Å². The highest BCUT2D eigenvalue weighted by molar-refractivity contribution is 9.10. The molecule has 0 aromatic heterocycles. The number of carbonyl (C=O) groups is 1. The van der Waals surface area contributed by atoms with Gasteiger partial charge in [-0.1, -0.05) is 15.9 Å². The summed E-state index contributed by atoms with van der Waals surface area (Å²) in [6.45, 7) is -0.688. The summed E-state index contributed by atoms with van der Waals surface area (Å²) in [6, 6.07) is 1.89. The average Bonchev–Trinajstić information content (AvgIpc) is 2.10. The minimum Gasteiger partial charge on any atom is -0.478 e. The smallest absolute Gasteiger partial charge is 0.335 e. The van der Waals surface area contributed by atoms with Crippen LogP contribution in [-0.2, 0) is 6.54 Å². The van der Waals surface area contributed by atoms with E-state index in [1.165, 1.54) is 0 Å². The zero-order valence-electron chi connectivity index (χ0n) is 7.24. The van der Waals surface area contributed by atoms with E-state index in [1.807, 2.05) is 0 Å². The Morgan fingerprint density at radius 1 is 1.60 bits per heavy atom. The minimum absolute atomic E-state index is 0.0802. The van der Waals surface area contributed by atoms with Gasteiger partial charge < -0.3 is 5.11 Å². The maximum atomic E-state index is 13.2. The van der Waals surface area contributed by atoms with Crippen molar-refractivity contribution >= 4 is 21.9 Å². The molecule has 5 nitrogen and oxygen atoms in total. The van der Waals surface area contributed by atoms with Crippen LogP contribution >= 0.6 is 15.9 Å². The molecule has 0 radical (unpaired) electrons. The normalized spacial score (nSPS) is 10.0. The Kier molecular flexibility index (Phi) is 3.35. The van der Waals surface area contributed by atoms with E-state index in [0.717, 1.165) is 12.1 Å². The van der Waals surface area contributed by atoms with Gasteiger partial charge in [-0.3, -0.25) is 10.1 Å². The summed E-state index contributed by atoms with van der Waals surface area (Å²) in [7, 11) is 0. The summed E-state index contributed by atoms with van der Waals surface area (Å²) in [6.07, 6.45) is 0. The monoisotopic (exact) mass is 277 g/mol. The molecule has 0 aliphatic carbocycles. The van der Waals surface area contributed by atoms with Crippen molar-refractivity contribution in [1.82, 2.24) is 0 Å². The highest BCUT2D eigenvalue weighted by Crippen LogP contribution is 2.22. The standard InChI is InChI=1S/C8H5BrFNO4/c9-6-1-4(8(12)13)2-7(10)5(6)3-11(14)15/h1-2H,3H2,(H,12,13). The third-order valence-corrected chi connectivity index (χ3v) is 2.38. The van der Waals surface area contributed by atoms with Crippen LogP contribution in [0.1, 0.15) is 15.9 Å². The van der Waals surface area contributed by atoms with Gasteiger partial charge in [0.1, 0.15) is 5.82 Å². The lowest BCUT2D eigenvalue weighted by Gasteiger charge is -2.03. The SMILES string of the molecule is O=C(O)c1cc(F)c(C[N+](=O)[O-])c(Br)c1. The first-order chi connectivity index (χ1) is 6.91. The molecule has 15 heavy (non-hydrogen) atoms. The Morgan fingerprint density at radius 3 is 2.60 bits per heavy atom. The van der Waals surface area contributed by atoms with Gasteiger partial charge in [0.2, 0.25) is 6.54 Å². The summed E-state index contributed by atoms with van der Waals surface area (Å²) in [4.78, 5) is 20.0. The molecule has 1 rings (SSSR count). The van der Waals surface area contributed by atoms with Gasteiger partial charge in [-0.05, 0) is 12.1 Å². The fraction of sp³-hybridized carbons (Fsp3) is 0.125. The van der Waals surface area contributed by atoms with E-state index in [2.05, 4.69) is 15.9 Å². The van der Waals surface area contributed by atoms with Gasteiger partial charge in [-0.2, -0.15) is 0 Å². The Balaban J connectivity index is 3.21. The Morgan fingerprint density at radius 2 is 2.20 bits per heavy atom. The molecule has 0 unspecified atom stereocenters. The predicted octanol–water partition coefficient (Wildman–Crippen LogP) is 2.06. The average molecular weight is 278 g/mol. The molecule has 80 valence electrons. The molecule has 0 fully saturated rings. The number of carboxylic acid groups (broad SMARTS) is 1. The lowest BCUT2D eigenvalue weighted by molar-refractivity contribution is -0.497. The van der Waals surface area contributed by atoms with Crippen molar-refractivity contribution in [1.29, 1.82) is 0 Å². The van der Waals surface area contributed by atoms with Crippen molar-refractivity contribution in [2.75, 3.05) is 0 Å². The number of hydrogen-bond acceptors (Lipinski definition) is 3. The van der Waals surface area contributed by atoms with Crippen LogP contribution in [0.5, 0.6) is 0 Å². The zero-order valence-corrected chi connectivity index (χ0v) is 8.82. The fourth-order valence-electron chi connectivity index (χ4n) is 1.01. The number of carboxylic acids is 1. The first-order valence-electron chi connectivity index (χ1n) is 3.75. The van der Waals surface area contributed by atoms with Crippen molar-refractivity contribution < 1.29 is 19.2 Å². The maximum Gasteiger partial charge on any atom is 0.335 e. The molecule has 1 aromatic rings. The Bertz CT molecular complexity index is 412. The second kappa shape index (κ2) is 4.35. The zero-order chi connectivity index (χ0) is 11.6. The molecule has 0 bridgehead atoms.